The molecule has 0 aromatic carbocycles. The molecule has 5 nitrogen and oxygen atoms in total. The topological polar surface area (TPSA) is 65.2 Å². The van der Waals surface area contributed by atoms with E-state index in [9.17, 15) is 4.79 Å². The second-order valence-corrected chi connectivity index (χ2v) is 5.69. The number of rotatable bonds is 7. The SMILES string of the molecule is CCc1noc(CSCC2(CC(=O)OC)CC2)n1. The molecule has 1 heterocycles. The Morgan fingerprint density at radius 3 is 2.89 bits per heavy atom. The number of esters is 1. The molecule has 18 heavy (non-hydrogen) atoms. The van der Waals surface area contributed by atoms with E-state index in [0.29, 0.717) is 12.3 Å². The fourth-order valence-corrected chi connectivity index (χ4v) is 2.99. The summed E-state index contributed by atoms with van der Waals surface area (Å²) in [5.74, 6) is 2.98. The number of aryl methyl sites for hydroxylation is 1. The van der Waals surface area contributed by atoms with Crippen LogP contribution in [0.1, 0.15) is 37.9 Å². The third-order valence-corrected chi connectivity index (χ3v) is 4.43. The van der Waals surface area contributed by atoms with Gasteiger partial charge in [-0.1, -0.05) is 12.1 Å². The van der Waals surface area contributed by atoms with Gasteiger partial charge in [-0.15, -0.1) is 0 Å². The number of carbonyl (C=O) groups is 1. The third kappa shape index (κ3) is 3.48. The minimum absolute atomic E-state index is 0.112. The van der Waals surface area contributed by atoms with Crippen molar-refractivity contribution >= 4 is 17.7 Å². The average Bonchev–Trinajstić information content (AvgIpc) is 2.97. The molecule has 0 unspecified atom stereocenters. The highest BCUT2D eigenvalue weighted by molar-refractivity contribution is 7.98. The molecule has 1 aromatic heterocycles. The fraction of sp³-hybridized carbons (Fsp3) is 0.750. The Hall–Kier alpha value is -1.04. The molecule has 0 saturated heterocycles. The van der Waals surface area contributed by atoms with E-state index in [1.807, 2.05) is 6.92 Å². The van der Waals surface area contributed by atoms with Crippen molar-refractivity contribution in [2.45, 2.75) is 38.4 Å². The van der Waals surface area contributed by atoms with Gasteiger partial charge in [-0.2, -0.15) is 16.7 Å². The fourth-order valence-electron chi connectivity index (χ4n) is 1.77. The summed E-state index contributed by atoms with van der Waals surface area (Å²) in [5, 5.41) is 3.85. The van der Waals surface area contributed by atoms with E-state index >= 15 is 0 Å². The maximum atomic E-state index is 11.3. The van der Waals surface area contributed by atoms with Crippen LogP contribution >= 0.6 is 11.8 Å². The zero-order valence-corrected chi connectivity index (χ0v) is 11.6. The van der Waals surface area contributed by atoms with Crippen LogP contribution in [0.25, 0.3) is 0 Å². The maximum absolute atomic E-state index is 11.3. The van der Waals surface area contributed by atoms with Crippen molar-refractivity contribution in [3.63, 3.8) is 0 Å². The first-order chi connectivity index (χ1) is 8.67. The smallest absolute Gasteiger partial charge is 0.306 e. The van der Waals surface area contributed by atoms with Gasteiger partial charge in [0, 0.05) is 6.42 Å². The Morgan fingerprint density at radius 1 is 1.56 bits per heavy atom. The molecule has 100 valence electrons. The molecule has 1 saturated carbocycles. The zero-order chi connectivity index (χ0) is 13.0. The lowest BCUT2D eigenvalue weighted by atomic mass is 10.1. The maximum Gasteiger partial charge on any atom is 0.306 e. The molecule has 2 rings (SSSR count). The first-order valence-electron chi connectivity index (χ1n) is 6.13. The van der Waals surface area contributed by atoms with Crippen molar-refractivity contribution in [3.05, 3.63) is 11.7 Å². The van der Waals surface area contributed by atoms with Gasteiger partial charge in [0.2, 0.25) is 5.89 Å². The summed E-state index contributed by atoms with van der Waals surface area (Å²) in [6.07, 6.45) is 3.54. The predicted molar refractivity (Wildman–Crippen MR) is 68.1 cm³/mol. The first-order valence-corrected chi connectivity index (χ1v) is 7.29. The highest BCUT2D eigenvalue weighted by Gasteiger charge is 2.44. The summed E-state index contributed by atoms with van der Waals surface area (Å²) < 4.78 is 9.84. The molecule has 6 heteroatoms. The molecule has 1 aliphatic rings. The molecule has 1 aromatic rings. The average molecular weight is 270 g/mol. The van der Waals surface area contributed by atoms with E-state index in [1.165, 1.54) is 7.11 Å². The number of hydrogen-bond donors (Lipinski definition) is 0. The molecule has 0 atom stereocenters. The number of nitrogens with zero attached hydrogens (tertiary/aromatic N) is 2. The lowest BCUT2D eigenvalue weighted by molar-refractivity contribution is -0.141. The molecular formula is C12H18N2O3S. The summed E-state index contributed by atoms with van der Waals surface area (Å²) in [5.41, 5.74) is 0.158. The number of ether oxygens (including phenoxy) is 1. The molecule has 0 radical (unpaired) electrons. The van der Waals surface area contributed by atoms with E-state index in [4.69, 9.17) is 9.26 Å². The lowest BCUT2D eigenvalue weighted by Gasteiger charge is -2.11. The number of thioether (sulfide) groups is 1. The van der Waals surface area contributed by atoms with Crippen LogP contribution < -0.4 is 0 Å². The molecule has 1 fully saturated rings. The van der Waals surface area contributed by atoms with Gasteiger partial charge >= 0.3 is 5.97 Å². The van der Waals surface area contributed by atoms with Crippen molar-refractivity contribution in [1.29, 1.82) is 0 Å². The molecule has 1 aliphatic carbocycles. The molecule has 0 aliphatic heterocycles. The van der Waals surface area contributed by atoms with Crippen LogP contribution in [0.5, 0.6) is 0 Å². The van der Waals surface area contributed by atoms with E-state index in [-0.39, 0.29) is 11.4 Å². The number of methoxy groups -OCH3 is 1. The number of carbonyl (C=O) groups excluding carboxylic acids is 1. The van der Waals surface area contributed by atoms with Gasteiger partial charge in [0.25, 0.3) is 0 Å². The second-order valence-electron chi connectivity index (χ2n) is 4.70. The van der Waals surface area contributed by atoms with Crippen LogP contribution in [-0.4, -0.2) is 29.0 Å². The largest absolute Gasteiger partial charge is 0.469 e. The summed E-state index contributed by atoms with van der Waals surface area (Å²) in [4.78, 5) is 15.5. The highest BCUT2D eigenvalue weighted by Crippen LogP contribution is 2.51. The van der Waals surface area contributed by atoms with E-state index in [0.717, 1.165) is 36.6 Å². The Bertz CT molecular complexity index is 415. The van der Waals surface area contributed by atoms with Crippen LogP contribution in [0.2, 0.25) is 0 Å². The molecule has 0 amide bonds. The van der Waals surface area contributed by atoms with E-state index < -0.39 is 0 Å². The Labute approximate surface area is 111 Å². The Morgan fingerprint density at radius 2 is 2.33 bits per heavy atom. The van der Waals surface area contributed by atoms with Gasteiger partial charge < -0.3 is 9.26 Å². The number of aromatic nitrogens is 2. The normalized spacial score (nSPS) is 16.6. The van der Waals surface area contributed by atoms with Crippen LogP contribution in [0, 0.1) is 5.41 Å². The Balaban J connectivity index is 1.73. The summed E-state index contributed by atoms with van der Waals surface area (Å²) >= 11 is 1.75. The highest BCUT2D eigenvalue weighted by atomic mass is 32.2. The van der Waals surface area contributed by atoms with Crippen LogP contribution in [-0.2, 0) is 21.7 Å². The van der Waals surface area contributed by atoms with Crippen LogP contribution in [0.3, 0.4) is 0 Å². The molecular weight excluding hydrogens is 252 g/mol. The van der Waals surface area contributed by atoms with Crippen molar-refractivity contribution in [2.24, 2.45) is 5.41 Å². The number of hydrogen-bond acceptors (Lipinski definition) is 6. The monoisotopic (exact) mass is 270 g/mol. The van der Waals surface area contributed by atoms with Gasteiger partial charge in [0.05, 0.1) is 19.3 Å². The molecule has 0 N–H and O–H groups in total. The lowest BCUT2D eigenvalue weighted by Crippen LogP contribution is -2.13. The minimum Gasteiger partial charge on any atom is -0.469 e. The first kappa shape index (κ1) is 13.4. The molecule has 0 bridgehead atoms. The van der Waals surface area contributed by atoms with Crippen molar-refractivity contribution < 1.29 is 14.1 Å². The summed E-state index contributed by atoms with van der Waals surface area (Å²) in [7, 11) is 1.44. The van der Waals surface area contributed by atoms with E-state index in [1.54, 1.807) is 11.8 Å². The van der Waals surface area contributed by atoms with Gasteiger partial charge in [-0.3, -0.25) is 4.79 Å². The van der Waals surface area contributed by atoms with Crippen LogP contribution in [0.15, 0.2) is 4.52 Å². The second kappa shape index (κ2) is 5.73. The van der Waals surface area contributed by atoms with Crippen molar-refractivity contribution in [1.82, 2.24) is 10.1 Å². The molecule has 0 spiro atoms. The third-order valence-electron chi connectivity index (χ3n) is 3.16. The van der Waals surface area contributed by atoms with Gasteiger partial charge in [0.1, 0.15) is 0 Å². The van der Waals surface area contributed by atoms with Crippen molar-refractivity contribution in [2.75, 3.05) is 12.9 Å². The van der Waals surface area contributed by atoms with Crippen molar-refractivity contribution in [3.8, 4) is 0 Å². The Kier molecular flexibility index (Phi) is 4.27. The van der Waals surface area contributed by atoms with Gasteiger partial charge in [-0.25, -0.2) is 0 Å². The zero-order valence-electron chi connectivity index (χ0n) is 10.8. The quantitative estimate of drug-likeness (QED) is 0.708. The predicted octanol–water partition coefficient (Wildman–Crippen LogP) is 2.21. The van der Waals surface area contributed by atoms with Crippen LogP contribution in [0.4, 0.5) is 0 Å². The summed E-state index contributed by atoms with van der Waals surface area (Å²) in [6, 6.07) is 0. The standard InChI is InChI=1S/C12H18N2O3S/c1-3-9-13-10(17-14-9)7-18-8-12(4-5-12)6-11(15)16-2/h3-8H2,1-2H3. The minimum atomic E-state index is -0.112. The van der Waals surface area contributed by atoms with Gasteiger partial charge in [-0.05, 0) is 24.0 Å². The summed E-state index contributed by atoms with van der Waals surface area (Å²) in [6.45, 7) is 2.00. The van der Waals surface area contributed by atoms with E-state index in [2.05, 4.69) is 10.1 Å². The van der Waals surface area contributed by atoms with Gasteiger partial charge in [0.15, 0.2) is 5.82 Å².